The van der Waals surface area contributed by atoms with Gasteiger partial charge in [-0.05, 0) is 27.2 Å². The molecule has 0 atom stereocenters. The Morgan fingerprint density at radius 3 is 2.53 bits per heavy atom. The first-order valence-corrected chi connectivity index (χ1v) is 6.16. The van der Waals surface area contributed by atoms with Crippen LogP contribution in [0.25, 0.3) is 0 Å². The molecule has 0 radical (unpaired) electrons. The minimum atomic E-state index is -0.431. The van der Waals surface area contributed by atoms with E-state index >= 15 is 0 Å². The highest BCUT2D eigenvalue weighted by Crippen LogP contribution is 2.36. The Balaban J connectivity index is 2.72. The molecule has 4 nitrogen and oxygen atoms in total. The van der Waals surface area contributed by atoms with Gasteiger partial charge in [0.1, 0.15) is 0 Å². The maximum Gasteiger partial charge on any atom is 0.331 e. The van der Waals surface area contributed by atoms with E-state index in [0.29, 0.717) is 12.2 Å². The van der Waals surface area contributed by atoms with Gasteiger partial charge in [-0.3, -0.25) is 4.79 Å². The summed E-state index contributed by atoms with van der Waals surface area (Å²) < 4.78 is 4.82. The maximum absolute atomic E-state index is 11.9. The van der Waals surface area contributed by atoms with Crippen molar-refractivity contribution in [2.45, 2.75) is 46.1 Å². The van der Waals surface area contributed by atoms with Gasteiger partial charge in [0.2, 0.25) is 0 Å². The van der Waals surface area contributed by atoms with Crippen molar-refractivity contribution in [3.8, 4) is 0 Å². The van der Waals surface area contributed by atoms with Crippen molar-refractivity contribution in [3.05, 3.63) is 11.6 Å². The minimum absolute atomic E-state index is 0.0449. The van der Waals surface area contributed by atoms with Gasteiger partial charge in [-0.15, -0.1) is 0 Å². The van der Waals surface area contributed by atoms with Gasteiger partial charge in [0.15, 0.2) is 0 Å². The number of carbonyl (C=O) groups excluding carboxylic acids is 2. The molecule has 1 rings (SSSR count). The first kappa shape index (κ1) is 13.7. The molecule has 0 N–H and O–H groups in total. The molecule has 1 fully saturated rings. The van der Waals surface area contributed by atoms with Crippen LogP contribution in [0.5, 0.6) is 0 Å². The molecule has 0 aromatic carbocycles. The molecule has 0 saturated carbocycles. The molecule has 0 unspecified atom stereocenters. The topological polar surface area (TPSA) is 46.6 Å². The van der Waals surface area contributed by atoms with Crippen LogP contribution < -0.4 is 0 Å². The van der Waals surface area contributed by atoms with Crippen molar-refractivity contribution in [2.24, 2.45) is 0 Å². The number of unbranched alkanes of at least 4 members (excludes halogenated alkanes) is 1. The zero-order valence-corrected chi connectivity index (χ0v) is 11.1. The van der Waals surface area contributed by atoms with Gasteiger partial charge in [-0.2, -0.15) is 0 Å². The Hall–Kier alpha value is -1.32. The second kappa shape index (κ2) is 5.34. The lowest BCUT2D eigenvalue weighted by atomic mass is 9.81. The first-order valence-electron chi connectivity index (χ1n) is 6.16. The molecule has 4 heteroatoms. The van der Waals surface area contributed by atoms with E-state index in [1.807, 2.05) is 18.7 Å². The Morgan fingerprint density at radius 2 is 2.06 bits per heavy atom. The molecule has 1 saturated heterocycles. The van der Waals surface area contributed by atoms with E-state index in [2.05, 4.69) is 6.92 Å². The number of hydrogen-bond donors (Lipinski definition) is 0. The van der Waals surface area contributed by atoms with Gasteiger partial charge in [0.25, 0.3) is 5.91 Å². The van der Waals surface area contributed by atoms with Gasteiger partial charge in [-0.1, -0.05) is 13.3 Å². The van der Waals surface area contributed by atoms with Gasteiger partial charge >= 0.3 is 5.97 Å². The zero-order chi connectivity index (χ0) is 13.1. The second-order valence-corrected chi connectivity index (χ2v) is 4.68. The molecule has 17 heavy (non-hydrogen) atoms. The predicted molar refractivity (Wildman–Crippen MR) is 65.4 cm³/mol. The summed E-state index contributed by atoms with van der Waals surface area (Å²) in [5.74, 6) is -0.476. The van der Waals surface area contributed by atoms with Crippen molar-refractivity contribution >= 4 is 11.9 Å². The fraction of sp³-hybridized carbons (Fsp3) is 0.692. The number of amides is 1. The Labute approximate surface area is 103 Å². The third kappa shape index (κ3) is 2.68. The largest absolute Gasteiger partial charge is 0.463 e. The maximum atomic E-state index is 11.9. The van der Waals surface area contributed by atoms with Crippen LogP contribution in [-0.4, -0.2) is 35.5 Å². The van der Waals surface area contributed by atoms with Gasteiger partial charge in [0, 0.05) is 18.2 Å². The van der Waals surface area contributed by atoms with Crippen LogP contribution in [0.1, 0.15) is 40.5 Å². The van der Waals surface area contributed by atoms with Crippen molar-refractivity contribution in [3.63, 3.8) is 0 Å². The number of ether oxygens (including phenoxy) is 1. The summed E-state index contributed by atoms with van der Waals surface area (Å²) >= 11 is 0. The van der Waals surface area contributed by atoms with Crippen molar-refractivity contribution in [1.29, 1.82) is 0 Å². The number of carbonyl (C=O) groups is 2. The average molecular weight is 239 g/mol. The van der Waals surface area contributed by atoms with E-state index in [1.54, 1.807) is 6.92 Å². The molecule has 1 aliphatic heterocycles. The molecule has 1 amide bonds. The Morgan fingerprint density at radius 1 is 1.41 bits per heavy atom. The standard InChI is InChI=1S/C13H21NO3/c1-5-7-8-14-12(16)10(13(14,3)4)9-11(15)17-6-2/h9H,5-8H2,1-4H3/b10-9+. The van der Waals surface area contributed by atoms with Gasteiger partial charge in [-0.25, -0.2) is 4.79 Å². The van der Waals surface area contributed by atoms with E-state index in [0.717, 1.165) is 19.4 Å². The lowest BCUT2D eigenvalue weighted by molar-refractivity contribution is -0.144. The van der Waals surface area contributed by atoms with Crippen LogP contribution in [0.2, 0.25) is 0 Å². The van der Waals surface area contributed by atoms with Crippen LogP contribution in [0, 0.1) is 0 Å². The number of β-lactam (4-membered cyclic amide) rings is 1. The van der Waals surface area contributed by atoms with Crippen LogP contribution in [-0.2, 0) is 14.3 Å². The quantitative estimate of drug-likeness (QED) is 0.418. The number of nitrogens with zero attached hydrogens (tertiary/aromatic N) is 1. The molecule has 1 heterocycles. The fourth-order valence-electron chi connectivity index (χ4n) is 1.99. The summed E-state index contributed by atoms with van der Waals surface area (Å²) in [7, 11) is 0. The lowest BCUT2D eigenvalue weighted by Gasteiger charge is -2.49. The van der Waals surface area contributed by atoms with Crippen LogP contribution in [0.3, 0.4) is 0 Å². The normalized spacial score (nSPS) is 20.4. The van der Waals surface area contributed by atoms with E-state index in [-0.39, 0.29) is 11.4 Å². The highest BCUT2D eigenvalue weighted by atomic mass is 16.5. The van der Waals surface area contributed by atoms with Crippen LogP contribution in [0.4, 0.5) is 0 Å². The van der Waals surface area contributed by atoms with Crippen LogP contribution in [0.15, 0.2) is 11.6 Å². The van der Waals surface area contributed by atoms with E-state index in [1.165, 1.54) is 6.08 Å². The van der Waals surface area contributed by atoms with Crippen molar-refractivity contribution in [2.75, 3.05) is 13.2 Å². The Bertz CT molecular complexity index is 345. The summed E-state index contributed by atoms with van der Waals surface area (Å²) in [4.78, 5) is 25.0. The third-order valence-corrected chi connectivity index (χ3v) is 3.09. The molecule has 0 spiro atoms. The fourth-order valence-corrected chi connectivity index (χ4v) is 1.99. The molecule has 1 aliphatic rings. The van der Waals surface area contributed by atoms with E-state index < -0.39 is 5.97 Å². The predicted octanol–water partition coefficient (Wildman–Crippen LogP) is 1.90. The average Bonchev–Trinajstić information content (AvgIpc) is 2.26. The third-order valence-electron chi connectivity index (χ3n) is 3.09. The van der Waals surface area contributed by atoms with E-state index in [9.17, 15) is 9.59 Å². The van der Waals surface area contributed by atoms with Crippen molar-refractivity contribution in [1.82, 2.24) is 4.90 Å². The van der Waals surface area contributed by atoms with Gasteiger partial charge in [0.05, 0.1) is 12.1 Å². The number of hydrogen-bond acceptors (Lipinski definition) is 3. The summed E-state index contributed by atoms with van der Waals surface area (Å²) in [6, 6.07) is 0. The first-order chi connectivity index (χ1) is 7.95. The minimum Gasteiger partial charge on any atom is -0.463 e. The number of esters is 1. The summed E-state index contributed by atoms with van der Waals surface area (Å²) in [6.07, 6.45) is 3.37. The summed E-state index contributed by atoms with van der Waals surface area (Å²) in [6.45, 7) is 8.83. The molecule has 0 aliphatic carbocycles. The smallest absolute Gasteiger partial charge is 0.331 e. The van der Waals surface area contributed by atoms with Crippen molar-refractivity contribution < 1.29 is 14.3 Å². The number of likely N-dealkylation sites (tertiary alicyclic amines) is 1. The lowest BCUT2D eigenvalue weighted by Crippen LogP contribution is -2.62. The number of rotatable bonds is 5. The summed E-state index contributed by atoms with van der Waals surface area (Å²) in [5, 5.41) is 0. The molecule has 96 valence electrons. The van der Waals surface area contributed by atoms with Gasteiger partial charge < -0.3 is 9.64 Å². The summed E-state index contributed by atoms with van der Waals surface area (Å²) in [5.41, 5.74) is 0.200. The second-order valence-electron chi connectivity index (χ2n) is 4.68. The molecule has 0 aromatic heterocycles. The zero-order valence-electron chi connectivity index (χ0n) is 11.1. The highest BCUT2D eigenvalue weighted by molar-refractivity contribution is 6.07. The SMILES string of the molecule is CCCCN1C(=O)/C(=C\C(=O)OCC)C1(C)C. The molecule has 0 aromatic rings. The molecular weight excluding hydrogens is 218 g/mol. The molecule has 0 bridgehead atoms. The monoisotopic (exact) mass is 239 g/mol. The molecular formula is C13H21NO3. The van der Waals surface area contributed by atoms with E-state index in [4.69, 9.17) is 4.74 Å². The highest BCUT2D eigenvalue weighted by Gasteiger charge is 2.48. The Kier molecular flexibility index (Phi) is 4.32. The van der Waals surface area contributed by atoms with Crippen LogP contribution >= 0.6 is 0 Å².